The van der Waals surface area contributed by atoms with E-state index in [1.54, 1.807) is 12.1 Å². The van der Waals surface area contributed by atoms with Crippen LogP contribution in [0.4, 0.5) is 4.39 Å². The van der Waals surface area contributed by atoms with Gasteiger partial charge in [-0.05, 0) is 38.2 Å². The lowest BCUT2D eigenvalue weighted by Crippen LogP contribution is -2.29. The molecule has 2 atom stereocenters. The van der Waals surface area contributed by atoms with Gasteiger partial charge in [-0.25, -0.2) is 13.3 Å². The zero-order valence-electron chi connectivity index (χ0n) is 14.6. The lowest BCUT2D eigenvalue weighted by molar-refractivity contribution is 0.438. The van der Waals surface area contributed by atoms with Crippen LogP contribution in [0, 0.1) is 5.82 Å². The van der Waals surface area contributed by atoms with Crippen molar-refractivity contribution in [2.45, 2.75) is 30.9 Å². The third-order valence-electron chi connectivity index (χ3n) is 3.30. The quantitative estimate of drug-likeness (QED) is 0.302. The van der Waals surface area contributed by atoms with Gasteiger partial charge < -0.3 is 13.9 Å². The van der Waals surface area contributed by atoms with Gasteiger partial charge in [0.15, 0.2) is 17.3 Å². The van der Waals surface area contributed by atoms with E-state index in [2.05, 4.69) is 20.7 Å². The molecule has 0 saturated carbocycles. The van der Waals surface area contributed by atoms with E-state index in [0.717, 1.165) is 0 Å². The largest absolute Gasteiger partial charge is 0.539 e. The minimum absolute atomic E-state index is 0.00510. The van der Waals surface area contributed by atoms with Crippen LogP contribution >= 0.6 is 15.9 Å². The number of hydrogen-bond acceptors (Lipinski definition) is 4. The van der Waals surface area contributed by atoms with E-state index in [9.17, 15) is 13.7 Å². The Hall–Kier alpha value is -1.20. The fourth-order valence-electron chi connectivity index (χ4n) is 2.27. The summed E-state index contributed by atoms with van der Waals surface area (Å²) in [5.41, 5.74) is 0.131. The van der Waals surface area contributed by atoms with Gasteiger partial charge in [-0.3, -0.25) is 4.55 Å². The molecular formula is C16H21BrFNO5SSi. The summed E-state index contributed by atoms with van der Waals surface area (Å²) >= 11 is 1.33. The van der Waals surface area contributed by atoms with Crippen molar-refractivity contribution in [2.75, 3.05) is 6.54 Å². The van der Waals surface area contributed by atoms with Crippen LogP contribution in [0.1, 0.15) is 17.0 Å². The Kier molecular flexibility index (Phi) is 7.03. The number of furan rings is 1. The first kappa shape index (κ1) is 21.1. The first-order valence-electron chi connectivity index (χ1n) is 7.88. The summed E-state index contributed by atoms with van der Waals surface area (Å²) in [5, 5.41) is 10.6. The lowest BCUT2D eigenvalue weighted by Gasteiger charge is -2.20. The van der Waals surface area contributed by atoms with Crippen molar-refractivity contribution in [3.63, 3.8) is 0 Å². The molecule has 1 heterocycles. The highest BCUT2D eigenvalue weighted by molar-refractivity contribution is 9.09. The highest BCUT2D eigenvalue weighted by Crippen LogP contribution is 2.49. The molecule has 0 amide bonds. The molecular weight excluding hydrogens is 445 g/mol. The number of alkyl halides is 1. The summed E-state index contributed by atoms with van der Waals surface area (Å²) < 4.78 is 47.8. The number of benzene rings is 1. The molecule has 1 aromatic heterocycles. The Balaban J connectivity index is 2.43. The molecule has 1 aromatic carbocycles. The van der Waals surface area contributed by atoms with E-state index in [4.69, 9.17) is 13.4 Å². The van der Waals surface area contributed by atoms with Crippen molar-refractivity contribution in [3.8, 4) is 22.8 Å². The van der Waals surface area contributed by atoms with Gasteiger partial charge in [0.05, 0.1) is 10.4 Å². The first-order chi connectivity index (χ1) is 12.1. The molecule has 0 aliphatic heterocycles. The number of halogens is 2. The van der Waals surface area contributed by atoms with Gasteiger partial charge in [-0.1, -0.05) is 28.1 Å². The van der Waals surface area contributed by atoms with Gasteiger partial charge in [0.25, 0.3) is 0 Å². The van der Waals surface area contributed by atoms with E-state index < -0.39 is 30.2 Å². The molecule has 10 heteroatoms. The second-order valence-corrected chi connectivity index (χ2v) is 12.9. The predicted molar refractivity (Wildman–Crippen MR) is 105 cm³/mol. The Labute approximate surface area is 163 Å². The lowest BCUT2D eigenvalue weighted by atomic mass is 10.1. The summed E-state index contributed by atoms with van der Waals surface area (Å²) in [6.07, 6.45) is 0.387. The maximum absolute atomic E-state index is 14.1. The highest BCUT2D eigenvalue weighted by Gasteiger charge is 2.31. The molecule has 0 aliphatic rings. The SMILES string of the molecule is C[Si](C)(C)Oc1c(C(Br)CCNS(=O)O)oc(-c2ccccc2F)c1O. The van der Waals surface area contributed by atoms with Crippen molar-refractivity contribution < 1.29 is 27.1 Å². The average Bonchev–Trinajstić information content (AvgIpc) is 2.83. The molecule has 26 heavy (non-hydrogen) atoms. The summed E-state index contributed by atoms with van der Waals surface area (Å²) in [6.45, 7) is 6.07. The fourth-order valence-corrected chi connectivity index (χ4v) is 3.90. The summed E-state index contributed by atoms with van der Waals surface area (Å²) in [4.78, 5) is -0.406. The molecule has 2 aromatic rings. The van der Waals surface area contributed by atoms with E-state index in [-0.39, 0.29) is 29.4 Å². The molecule has 0 bridgehead atoms. The molecule has 0 saturated heterocycles. The average molecular weight is 466 g/mol. The maximum Gasteiger partial charge on any atom is 0.242 e. The summed E-state index contributed by atoms with van der Waals surface area (Å²) in [7, 11) is -2.10. The third kappa shape index (κ3) is 5.40. The van der Waals surface area contributed by atoms with Crippen molar-refractivity contribution in [3.05, 3.63) is 35.8 Å². The van der Waals surface area contributed by atoms with Crippen LogP contribution in [0.3, 0.4) is 0 Å². The van der Waals surface area contributed by atoms with Crippen molar-refractivity contribution in [1.29, 1.82) is 0 Å². The molecule has 144 valence electrons. The maximum atomic E-state index is 14.1. The molecule has 0 fully saturated rings. The molecule has 2 unspecified atom stereocenters. The fraction of sp³-hybridized carbons (Fsp3) is 0.375. The van der Waals surface area contributed by atoms with Crippen LogP contribution in [-0.4, -0.2) is 28.7 Å². The smallest absolute Gasteiger partial charge is 0.242 e. The monoisotopic (exact) mass is 465 g/mol. The Morgan fingerprint density at radius 1 is 1.38 bits per heavy atom. The topological polar surface area (TPSA) is 91.9 Å². The van der Waals surface area contributed by atoms with Crippen molar-refractivity contribution in [1.82, 2.24) is 4.72 Å². The minimum atomic E-state index is -2.12. The van der Waals surface area contributed by atoms with Crippen molar-refractivity contribution >= 4 is 35.5 Å². The zero-order valence-corrected chi connectivity index (χ0v) is 18.0. The molecule has 6 nitrogen and oxygen atoms in total. The molecule has 2 rings (SSSR count). The minimum Gasteiger partial charge on any atom is -0.539 e. The van der Waals surface area contributed by atoms with Crippen LogP contribution in [-0.2, 0) is 11.3 Å². The van der Waals surface area contributed by atoms with Crippen molar-refractivity contribution in [2.24, 2.45) is 0 Å². The van der Waals surface area contributed by atoms with Gasteiger partial charge in [0.1, 0.15) is 5.82 Å². The normalized spacial score (nSPS) is 14.2. The van der Waals surface area contributed by atoms with E-state index in [1.165, 1.54) is 12.1 Å². The van der Waals surface area contributed by atoms with Gasteiger partial charge in [0.2, 0.25) is 25.3 Å². The predicted octanol–water partition coefficient (Wildman–Crippen LogP) is 4.56. The molecule has 3 N–H and O–H groups in total. The molecule has 0 spiro atoms. The number of aromatic hydroxyl groups is 1. The zero-order chi connectivity index (χ0) is 19.5. The summed E-state index contributed by atoms with van der Waals surface area (Å²) in [6, 6.07) is 5.98. The van der Waals surface area contributed by atoms with Gasteiger partial charge >= 0.3 is 0 Å². The van der Waals surface area contributed by atoms with Gasteiger partial charge in [0, 0.05) is 6.54 Å². The van der Waals surface area contributed by atoms with Crippen LogP contribution in [0.2, 0.25) is 19.6 Å². The third-order valence-corrected chi connectivity index (χ3v) is 5.44. The first-order valence-corrected chi connectivity index (χ1v) is 13.3. The number of nitrogens with one attached hydrogen (secondary N) is 1. The second kappa shape index (κ2) is 8.66. The van der Waals surface area contributed by atoms with Crippen LogP contribution in [0.25, 0.3) is 11.3 Å². The second-order valence-electron chi connectivity index (χ2n) is 6.57. The van der Waals surface area contributed by atoms with Crippen LogP contribution in [0.15, 0.2) is 28.7 Å². The molecule has 0 aliphatic carbocycles. The van der Waals surface area contributed by atoms with Crippen LogP contribution in [0.5, 0.6) is 11.5 Å². The van der Waals surface area contributed by atoms with Gasteiger partial charge in [-0.15, -0.1) is 0 Å². The Morgan fingerprint density at radius 2 is 2.04 bits per heavy atom. The Morgan fingerprint density at radius 3 is 2.62 bits per heavy atom. The number of rotatable bonds is 8. The highest BCUT2D eigenvalue weighted by atomic mass is 79.9. The standard InChI is InChI=1S/C16H21BrFNO5SSi/c1-26(2,3)24-16-13(20)14(10-6-4-5-7-12(10)18)23-15(16)11(17)8-9-19-25(21)22/h4-7,11,19-20H,8-9H2,1-3H3,(H,21,22). The molecule has 0 radical (unpaired) electrons. The van der Waals surface area contributed by atoms with Gasteiger partial charge in [-0.2, -0.15) is 0 Å². The van der Waals surface area contributed by atoms with Crippen LogP contribution < -0.4 is 9.15 Å². The number of hydrogen-bond donors (Lipinski definition) is 3. The van der Waals surface area contributed by atoms with E-state index in [1.807, 2.05) is 19.6 Å². The van der Waals surface area contributed by atoms with E-state index >= 15 is 0 Å². The van der Waals surface area contributed by atoms with E-state index in [0.29, 0.717) is 12.2 Å². The Bertz CT molecular complexity index is 795. The summed E-state index contributed by atoms with van der Waals surface area (Å²) in [5.74, 6) is -0.292.